The molecule has 1 aliphatic heterocycles. The van der Waals surface area contributed by atoms with Crippen molar-refractivity contribution in [2.24, 2.45) is 11.3 Å². The highest BCUT2D eigenvalue weighted by atomic mass is 16.5. The van der Waals surface area contributed by atoms with Gasteiger partial charge in [0, 0.05) is 41.5 Å². The standard InChI is InChI=1S/C23H27N3O4/c1-23(2,3)22(29)25-17-10-8-16(9-11-17)24-21(28)15-12-20(27)26(14-15)18-6-5-7-19(13-18)30-4/h5-11,13,15H,12,14H2,1-4H3,(H,24,28)(H,25,29)/t15-/m1/s1. The minimum atomic E-state index is -0.490. The van der Waals surface area contributed by atoms with Crippen molar-refractivity contribution in [1.29, 1.82) is 0 Å². The lowest BCUT2D eigenvalue weighted by molar-refractivity contribution is -0.123. The second-order valence-electron chi connectivity index (χ2n) is 8.38. The first-order chi connectivity index (χ1) is 14.2. The Morgan fingerprint density at radius 2 is 1.67 bits per heavy atom. The number of nitrogens with zero attached hydrogens (tertiary/aromatic N) is 1. The molecule has 3 amide bonds. The third-order valence-corrected chi connectivity index (χ3v) is 4.95. The van der Waals surface area contributed by atoms with Crippen molar-refractivity contribution in [1.82, 2.24) is 0 Å². The van der Waals surface area contributed by atoms with Gasteiger partial charge in [-0.3, -0.25) is 14.4 Å². The number of carbonyl (C=O) groups is 3. The van der Waals surface area contributed by atoms with Gasteiger partial charge >= 0.3 is 0 Å². The van der Waals surface area contributed by atoms with Crippen LogP contribution in [0.1, 0.15) is 27.2 Å². The van der Waals surface area contributed by atoms with Crippen LogP contribution in [-0.2, 0) is 14.4 Å². The number of carbonyl (C=O) groups excluding carboxylic acids is 3. The van der Waals surface area contributed by atoms with Gasteiger partial charge in [0.1, 0.15) is 5.75 Å². The SMILES string of the molecule is COc1cccc(N2C[C@H](C(=O)Nc3ccc(NC(=O)C(C)(C)C)cc3)CC2=O)c1. The maximum absolute atomic E-state index is 12.7. The fraction of sp³-hybridized carbons (Fsp3) is 0.348. The van der Waals surface area contributed by atoms with Gasteiger partial charge in [0.2, 0.25) is 17.7 Å². The van der Waals surface area contributed by atoms with Crippen LogP contribution >= 0.6 is 0 Å². The summed E-state index contributed by atoms with van der Waals surface area (Å²) in [6.45, 7) is 5.84. The quantitative estimate of drug-likeness (QED) is 0.789. The molecule has 1 saturated heterocycles. The Balaban J connectivity index is 1.61. The summed E-state index contributed by atoms with van der Waals surface area (Å²) >= 11 is 0. The van der Waals surface area contributed by atoms with Gasteiger partial charge in [0.05, 0.1) is 13.0 Å². The molecule has 158 valence electrons. The van der Waals surface area contributed by atoms with Gasteiger partial charge in [0.25, 0.3) is 0 Å². The number of hydrogen-bond acceptors (Lipinski definition) is 4. The fourth-order valence-corrected chi connectivity index (χ4v) is 3.11. The van der Waals surface area contributed by atoms with E-state index in [2.05, 4.69) is 10.6 Å². The van der Waals surface area contributed by atoms with E-state index in [4.69, 9.17) is 4.74 Å². The van der Waals surface area contributed by atoms with Gasteiger partial charge < -0.3 is 20.3 Å². The number of ether oxygens (including phenoxy) is 1. The summed E-state index contributed by atoms with van der Waals surface area (Å²) < 4.78 is 5.21. The summed E-state index contributed by atoms with van der Waals surface area (Å²) in [6.07, 6.45) is 0.156. The molecule has 0 unspecified atom stereocenters. The van der Waals surface area contributed by atoms with Crippen molar-refractivity contribution in [3.63, 3.8) is 0 Å². The van der Waals surface area contributed by atoms with Crippen LogP contribution in [0.3, 0.4) is 0 Å². The number of rotatable bonds is 5. The Kier molecular flexibility index (Phi) is 6.10. The minimum Gasteiger partial charge on any atom is -0.497 e. The zero-order valence-electron chi connectivity index (χ0n) is 17.7. The molecule has 7 nitrogen and oxygen atoms in total. The van der Waals surface area contributed by atoms with Gasteiger partial charge in [-0.1, -0.05) is 26.8 Å². The molecule has 0 radical (unpaired) electrons. The largest absolute Gasteiger partial charge is 0.497 e. The van der Waals surface area contributed by atoms with E-state index in [1.165, 1.54) is 0 Å². The molecule has 1 aliphatic rings. The number of amides is 3. The second kappa shape index (κ2) is 8.57. The number of benzene rings is 2. The highest BCUT2D eigenvalue weighted by Crippen LogP contribution is 2.28. The lowest BCUT2D eigenvalue weighted by atomic mass is 9.95. The van der Waals surface area contributed by atoms with E-state index in [9.17, 15) is 14.4 Å². The number of nitrogens with one attached hydrogen (secondary N) is 2. The smallest absolute Gasteiger partial charge is 0.229 e. The number of anilines is 3. The van der Waals surface area contributed by atoms with E-state index in [1.807, 2.05) is 39.0 Å². The molecule has 0 aromatic heterocycles. The monoisotopic (exact) mass is 409 g/mol. The predicted molar refractivity (Wildman–Crippen MR) is 117 cm³/mol. The number of hydrogen-bond donors (Lipinski definition) is 2. The van der Waals surface area contributed by atoms with E-state index >= 15 is 0 Å². The molecule has 2 aromatic carbocycles. The summed E-state index contributed by atoms with van der Waals surface area (Å²) in [4.78, 5) is 38.8. The molecular weight excluding hydrogens is 382 g/mol. The van der Waals surface area contributed by atoms with Gasteiger partial charge in [0.15, 0.2) is 0 Å². The molecule has 30 heavy (non-hydrogen) atoms. The maximum Gasteiger partial charge on any atom is 0.229 e. The van der Waals surface area contributed by atoms with Crippen LogP contribution in [0.4, 0.5) is 17.1 Å². The topological polar surface area (TPSA) is 87.7 Å². The Bertz CT molecular complexity index is 948. The minimum absolute atomic E-state index is 0.0820. The van der Waals surface area contributed by atoms with Crippen molar-refractivity contribution < 1.29 is 19.1 Å². The van der Waals surface area contributed by atoms with E-state index in [0.717, 1.165) is 0 Å². The molecule has 0 saturated carbocycles. The summed E-state index contributed by atoms with van der Waals surface area (Å²) in [6, 6.07) is 14.2. The van der Waals surface area contributed by atoms with Crippen molar-refractivity contribution in [2.75, 3.05) is 29.2 Å². The third kappa shape index (κ3) is 4.97. The summed E-state index contributed by atoms with van der Waals surface area (Å²) in [5.74, 6) is -0.166. The Labute approximate surface area is 176 Å². The molecule has 0 bridgehead atoms. The van der Waals surface area contributed by atoms with Crippen molar-refractivity contribution in [3.05, 3.63) is 48.5 Å². The molecule has 2 aromatic rings. The van der Waals surface area contributed by atoms with E-state index in [1.54, 1.807) is 42.3 Å². The molecule has 1 heterocycles. The second-order valence-corrected chi connectivity index (χ2v) is 8.38. The maximum atomic E-state index is 12.7. The molecule has 2 N–H and O–H groups in total. The Hall–Kier alpha value is -3.35. The molecular formula is C23H27N3O4. The van der Waals surface area contributed by atoms with Gasteiger partial charge in [-0.15, -0.1) is 0 Å². The molecule has 0 spiro atoms. The molecule has 3 rings (SSSR count). The lowest BCUT2D eigenvalue weighted by Crippen LogP contribution is -2.28. The highest BCUT2D eigenvalue weighted by molar-refractivity contribution is 6.03. The van der Waals surface area contributed by atoms with E-state index in [0.29, 0.717) is 29.4 Å². The summed E-state index contributed by atoms with van der Waals surface area (Å²) in [5, 5.41) is 5.70. The Morgan fingerprint density at radius 1 is 1.03 bits per heavy atom. The molecule has 7 heteroatoms. The van der Waals surface area contributed by atoms with Crippen LogP contribution < -0.4 is 20.3 Å². The van der Waals surface area contributed by atoms with Gasteiger partial charge in [-0.05, 0) is 36.4 Å². The number of methoxy groups -OCH3 is 1. The van der Waals surface area contributed by atoms with Gasteiger partial charge in [-0.2, -0.15) is 0 Å². The van der Waals surface area contributed by atoms with E-state index < -0.39 is 11.3 Å². The van der Waals surface area contributed by atoms with Crippen LogP contribution in [0.15, 0.2) is 48.5 Å². The average molecular weight is 409 g/mol. The molecule has 0 aliphatic carbocycles. The molecule has 1 fully saturated rings. The first-order valence-corrected chi connectivity index (χ1v) is 9.84. The normalized spacial score (nSPS) is 16.3. The predicted octanol–water partition coefficient (Wildman–Crippen LogP) is 3.67. The van der Waals surface area contributed by atoms with Crippen LogP contribution in [0.25, 0.3) is 0 Å². The van der Waals surface area contributed by atoms with Crippen molar-refractivity contribution >= 4 is 34.8 Å². The Morgan fingerprint density at radius 3 is 2.27 bits per heavy atom. The summed E-state index contributed by atoms with van der Waals surface area (Å²) in [5.41, 5.74) is 1.50. The van der Waals surface area contributed by atoms with E-state index in [-0.39, 0.29) is 24.1 Å². The fourth-order valence-electron chi connectivity index (χ4n) is 3.11. The van der Waals surface area contributed by atoms with Crippen LogP contribution in [0, 0.1) is 11.3 Å². The first kappa shape index (κ1) is 21.4. The first-order valence-electron chi connectivity index (χ1n) is 9.84. The summed E-state index contributed by atoms with van der Waals surface area (Å²) in [7, 11) is 1.57. The van der Waals surface area contributed by atoms with Crippen molar-refractivity contribution in [2.45, 2.75) is 27.2 Å². The van der Waals surface area contributed by atoms with Crippen molar-refractivity contribution in [3.8, 4) is 5.75 Å². The zero-order chi connectivity index (χ0) is 21.9. The highest BCUT2D eigenvalue weighted by Gasteiger charge is 2.35. The van der Waals surface area contributed by atoms with Crippen LogP contribution in [0.5, 0.6) is 5.75 Å². The van der Waals surface area contributed by atoms with Crippen LogP contribution in [0.2, 0.25) is 0 Å². The van der Waals surface area contributed by atoms with Crippen LogP contribution in [-0.4, -0.2) is 31.4 Å². The average Bonchev–Trinajstić information content (AvgIpc) is 3.10. The lowest BCUT2D eigenvalue weighted by Gasteiger charge is -2.18. The van der Waals surface area contributed by atoms with Gasteiger partial charge in [-0.25, -0.2) is 0 Å². The third-order valence-electron chi connectivity index (χ3n) is 4.95. The zero-order valence-corrected chi connectivity index (χ0v) is 17.7. The molecule has 1 atom stereocenters.